The fourth-order valence-corrected chi connectivity index (χ4v) is 3.19. The molecule has 1 aromatic carbocycles. The van der Waals surface area contributed by atoms with Gasteiger partial charge < -0.3 is 9.52 Å². The second-order valence-corrected chi connectivity index (χ2v) is 6.22. The zero-order valence-electron chi connectivity index (χ0n) is 12.9. The summed E-state index contributed by atoms with van der Waals surface area (Å²) in [6, 6.07) is 8.32. The summed E-state index contributed by atoms with van der Waals surface area (Å²) in [5, 5.41) is 8.86. The molecule has 3 rings (SSSR count). The lowest BCUT2D eigenvalue weighted by Crippen LogP contribution is -2.22. The summed E-state index contributed by atoms with van der Waals surface area (Å²) in [5.74, 6) is -0.452. The number of thioether (sulfide) groups is 1. The average molecular weight is 343 g/mol. The molecule has 0 saturated carbocycles. The maximum Gasteiger partial charge on any atom is 0.335 e. The Labute approximate surface area is 141 Å². The lowest BCUT2D eigenvalue weighted by molar-refractivity contribution is -0.121. The molecule has 1 saturated heterocycles. The van der Waals surface area contributed by atoms with Crippen molar-refractivity contribution in [3.8, 4) is 11.3 Å². The van der Waals surface area contributed by atoms with Crippen molar-refractivity contribution in [3.63, 3.8) is 0 Å². The van der Waals surface area contributed by atoms with Crippen LogP contribution in [0.2, 0.25) is 0 Å². The minimum absolute atomic E-state index is 0.206. The van der Waals surface area contributed by atoms with Gasteiger partial charge in [0.2, 0.25) is 0 Å². The smallest absolute Gasteiger partial charge is 0.335 e. The number of carboxylic acid groups (broad SMARTS) is 1. The number of rotatable bonds is 3. The highest BCUT2D eigenvalue weighted by atomic mass is 32.2. The van der Waals surface area contributed by atoms with E-state index in [1.165, 1.54) is 19.2 Å². The number of nitrogens with zero attached hydrogens (tertiary/aromatic N) is 1. The Kier molecular flexibility index (Phi) is 4.02. The fourth-order valence-electron chi connectivity index (χ4n) is 2.38. The van der Waals surface area contributed by atoms with Crippen molar-refractivity contribution in [1.29, 1.82) is 0 Å². The van der Waals surface area contributed by atoms with E-state index in [1.807, 2.05) is 0 Å². The number of carbonyl (C=O) groups is 3. The van der Waals surface area contributed by atoms with Crippen LogP contribution in [0.4, 0.5) is 4.79 Å². The average Bonchev–Trinajstić information content (AvgIpc) is 3.09. The first-order valence-corrected chi connectivity index (χ1v) is 7.85. The zero-order chi connectivity index (χ0) is 17.4. The number of likely N-dealkylation sites (N-methyl/N-ethyl adjacent to an activating group) is 1. The molecule has 2 aromatic rings. The Morgan fingerprint density at radius 3 is 2.62 bits per heavy atom. The van der Waals surface area contributed by atoms with Gasteiger partial charge >= 0.3 is 5.97 Å². The van der Waals surface area contributed by atoms with Crippen molar-refractivity contribution in [2.45, 2.75) is 6.92 Å². The molecular weight excluding hydrogens is 330 g/mol. The number of hydrogen-bond donors (Lipinski definition) is 1. The highest BCUT2D eigenvalue weighted by Gasteiger charge is 2.32. The van der Waals surface area contributed by atoms with Gasteiger partial charge in [-0.1, -0.05) is 12.1 Å². The number of imide groups is 1. The molecule has 2 heterocycles. The SMILES string of the molecule is Cc1c(C(=O)O)cccc1-c1ccc(/C=C2\SC(=O)N(C)C2=O)o1. The summed E-state index contributed by atoms with van der Waals surface area (Å²) in [4.78, 5) is 35.9. The van der Waals surface area contributed by atoms with Crippen molar-refractivity contribution < 1.29 is 23.9 Å². The van der Waals surface area contributed by atoms with Crippen LogP contribution in [0.5, 0.6) is 0 Å². The maximum absolute atomic E-state index is 11.9. The van der Waals surface area contributed by atoms with Gasteiger partial charge in [-0.3, -0.25) is 14.5 Å². The van der Waals surface area contributed by atoms with Crippen LogP contribution in [-0.4, -0.2) is 34.2 Å². The topological polar surface area (TPSA) is 87.8 Å². The van der Waals surface area contributed by atoms with Gasteiger partial charge in [0.25, 0.3) is 11.1 Å². The zero-order valence-corrected chi connectivity index (χ0v) is 13.7. The Hall–Kier alpha value is -2.80. The summed E-state index contributed by atoms with van der Waals surface area (Å²) >= 11 is 0.852. The number of carboxylic acids is 1. The van der Waals surface area contributed by atoms with E-state index in [0.29, 0.717) is 27.6 Å². The van der Waals surface area contributed by atoms with Crippen molar-refractivity contribution in [1.82, 2.24) is 4.90 Å². The van der Waals surface area contributed by atoms with E-state index in [0.717, 1.165) is 16.7 Å². The molecule has 1 N–H and O–H groups in total. The van der Waals surface area contributed by atoms with Crippen LogP contribution in [0.3, 0.4) is 0 Å². The minimum atomic E-state index is -1.00. The first kappa shape index (κ1) is 16.1. The lowest BCUT2D eigenvalue weighted by atomic mass is 10.0. The molecule has 0 atom stereocenters. The minimum Gasteiger partial charge on any atom is -0.478 e. The third kappa shape index (κ3) is 2.74. The van der Waals surface area contributed by atoms with Crippen molar-refractivity contribution in [2.24, 2.45) is 0 Å². The van der Waals surface area contributed by atoms with Crippen LogP contribution >= 0.6 is 11.8 Å². The standard InChI is InChI=1S/C17H13NO5S/c1-9-11(4-3-5-12(9)16(20)21)13-7-6-10(23-13)8-14-15(19)18(2)17(22)24-14/h3-8H,1-2H3,(H,20,21)/b14-8-. The summed E-state index contributed by atoms with van der Waals surface area (Å²) in [6.07, 6.45) is 1.51. The first-order chi connectivity index (χ1) is 11.4. The highest BCUT2D eigenvalue weighted by molar-refractivity contribution is 8.18. The molecular formula is C17H13NO5S. The second kappa shape index (κ2) is 6.01. The first-order valence-electron chi connectivity index (χ1n) is 7.03. The molecule has 0 aliphatic carbocycles. The monoisotopic (exact) mass is 343 g/mol. The number of hydrogen-bond acceptors (Lipinski definition) is 5. The largest absolute Gasteiger partial charge is 0.478 e. The van der Waals surface area contributed by atoms with Gasteiger partial charge in [0.05, 0.1) is 10.5 Å². The predicted octanol–water partition coefficient (Wildman–Crippen LogP) is 3.62. The van der Waals surface area contributed by atoms with E-state index in [2.05, 4.69) is 0 Å². The molecule has 0 unspecified atom stereocenters. The third-order valence-electron chi connectivity index (χ3n) is 3.72. The number of benzene rings is 1. The van der Waals surface area contributed by atoms with E-state index >= 15 is 0 Å². The van der Waals surface area contributed by atoms with Crippen molar-refractivity contribution >= 4 is 35.0 Å². The van der Waals surface area contributed by atoms with Crippen LogP contribution in [0.25, 0.3) is 17.4 Å². The molecule has 0 radical (unpaired) electrons. The molecule has 1 fully saturated rings. The summed E-state index contributed by atoms with van der Waals surface area (Å²) < 4.78 is 5.70. The number of amides is 2. The molecule has 0 spiro atoms. The predicted molar refractivity (Wildman–Crippen MR) is 89.6 cm³/mol. The highest BCUT2D eigenvalue weighted by Crippen LogP contribution is 2.33. The molecule has 2 amide bonds. The van der Waals surface area contributed by atoms with Gasteiger partial charge in [-0.25, -0.2) is 4.79 Å². The maximum atomic E-state index is 11.9. The Morgan fingerprint density at radius 1 is 1.25 bits per heavy atom. The fraction of sp³-hybridized carbons (Fsp3) is 0.118. The van der Waals surface area contributed by atoms with Gasteiger partial charge in [-0.05, 0) is 42.4 Å². The van der Waals surface area contributed by atoms with E-state index in [1.54, 1.807) is 31.2 Å². The summed E-state index contributed by atoms with van der Waals surface area (Å²) in [5.41, 5.74) is 1.47. The van der Waals surface area contributed by atoms with E-state index in [-0.39, 0.29) is 16.7 Å². The molecule has 7 heteroatoms. The van der Waals surface area contributed by atoms with Crippen LogP contribution in [0.1, 0.15) is 21.7 Å². The summed E-state index contributed by atoms with van der Waals surface area (Å²) in [6.45, 7) is 1.71. The molecule has 1 aliphatic rings. The van der Waals surface area contributed by atoms with Crippen molar-refractivity contribution in [2.75, 3.05) is 7.05 Å². The van der Waals surface area contributed by atoms with E-state index in [9.17, 15) is 19.5 Å². The number of furan rings is 1. The molecule has 6 nitrogen and oxygen atoms in total. The van der Waals surface area contributed by atoms with Gasteiger partial charge in [0, 0.05) is 18.7 Å². The molecule has 1 aliphatic heterocycles. The summed E-state index contributed by atoms with van der Waals surface area (Å²) in [7, 11) is 1.42. The molecule has 122 valence electrons. The Morgan fingerprint density at radius 2 is 2.00 bits per heavy atom. The molecule has 0 bridgehead atoms. The third-order valence-corrected chi connectivity index (χ3v) is 4.68. The Balaban J connectivity index is 1.95. The van der Waals surface area contributed by atoms with Crippen LogP contribution in [0.15, 0.2) is 39.7 Å². The van der Waals surface area contributed by atoms with Gasteiger partial charge in [-0.15, -0.1) is 0 Å². The Bertz CT molecular complexity index is 896. The van der Waals surface area contributed by atoms with Crippen LogP contribution < -0.4 is 0 Å². The number of carbonyl (C=O) groups excluding carboxylic acids is 2. The number of aromatic carboxylic acids is 1. The van der Waals surface area contributed by atoms with Crippen molar-refractivity contribution in [3.05, 3.63) is 52.1 Å². The van der Waals surface area contributed by atoms with E-state index in [4.69, 9.17) is 4.42 Å². The van der Waals surface area contributed by atoms with Gasteiger partial charge in [0.15, 0.2) is 0 Å². The van der Waals surface area contributed by atoms with E-state index < -0.39 is 5.97 Å². The normalized spacial score (nSPS) is 16.2. The molecule has 24 heavy (non-hydrogen) atoms. The van der Waals surface area contributed by atoms with Crippen LogP contribution in [-0.2, 0) is 4.79 Å². The lowest BCUT2D eigenvalue weighted by Gasteiger charge is -2.05. The second-order valence-electron chi connectivity index (χ2n) is 5.23. The quantitative estimate of drug-likeness (QED) is 0.857. The molecule has 1 aromatic heterocycles. The van der Waals surface area contributed by atoms with Crippen LogP contribution in [0, 0.1) is 6.92 Å². The van der Waals surface area contributed by atoms with Gasteiger partial charge in [0.1, 0.15) is 11.5 Å². The van der Waals surface area contributed by atoms with Gasteiger partial charge in [-0.2, -0.15) is 0 Å².